The molecule has 1 saturated heterocycles. The highest BCUT2D eigenvalue weighted by Gasteiger charge is 2.34. The van der Waals surface area contributed by atoms with Crippen LogP contribution in [0, 0.1) is 13.8 Å². The largest absolute Gasteiger partial charge is 0.360 e. The normalized spacial score (nSPS) is 14.9. The highest BCUT2D eigenvalue weighted by molar-refractivity contribution is 7.89. The van der Waals surface area contributed by atoms with Gasteiger partial charge in [-0.2, -0.15) is 4.31 Å². The fourth-order valence-corrected chi connectivity index (χ4v) is 5.70. The van der Waals surface area contributed by atoms with Crippen molar-refractivity contribution in [2.45, 2.75) is 31.8 Å². The van der Waals surface area contributed by atoms with Gasteiger partial charge < -0.3 is 9.42 Å². The number of carbonyl (C=O) groups excluding carboxylic acids is 1. The molecule has 11 nitrogen and oxygen atoms in total. The molecule has 1 aliphatic rings. The van der Waals surface area contributed by atoms with Gasteiger partial charge in [-0.25, -0.2) is 13.2 Å². The molecule has 1 aromatic carbocycles. The topological polar surface area (TPSA) is 128 Å². The number of nitrogens with zero attached hydrogens (tertiary/aromatic N) is 5. The minimum Gasteiger partial charge on any atom is -0.360 e. The van der Waals surface area contributed by atoms with Crippen molar-refractivity contribution in [3.05, 3.63) is 80.5 Å². The molecule has 34 heavy (non-hydrogen) atoms. The SMILES string of the molecule is Cc1noc(C)c1S(=O)(=O)N1CCN(C(=O)Cn2c(=O)ccn(Cc3ccccc3)c2=O)CC1. The van der Waals surface area contributed by atoms with Crippen LogP contribution in [0.25, 0.3) is 0 Å². The molecule has 0 bridgehead atoms. The quantitative estimate of drug-likeness (QED) is 0.486. The van der Waals surface area contributed by atoms with Gasteiger partial charge in [0.15, 0.2) is 5.76 Å². The Morgan fingerprint density at radius 2 is 1.71 bits per heavy atom. The van der Waals surface area contributed by atoms with Crippen LogP contribution in [0.1, 0.15) is 17.0 Å². The number of amides is 1. The third-order valence-electron chi connectivity index (χ3n) is 5.79. The minimum absolute atomic E-state index is 0.0436. The Morgan fingerprint density at radius 3 is 2.32 bits per heavy atom. The molecule has 2 aromatic heterocycles. The molecule has 1 fully saturated rings. The highest BCUT2D eigenvalue weighted by atomic mass is 32.2. The van der Waals surface area contributed by atoms with E-state index in [1.54, 1.807) is 6.92 Å². The van der Waals surface area contributed by atoms with Crippen LogP contribution < -0.4 is 11.2 Å². The molecule has 1 amide bonds. The molecular weight excluding hydrogens is 462 g/mol. The first kappa shape index (κ1) is 23.6. The number of hydrogen-bond donors (Lipinski definition) is 0. The maximum atomic E-state index is 13.0. The van der Waals surface area contributed by atoms with Gasteiger partial charge in [0, 0.05) is 38.4 Å². The third-order valence-corrected chi connectivity index (χ3v) is 7.93. The number of sulfonamides is 1. The van der Waals surface area contributed by atoms with E-state index in [0.29, 0.717) is 0 Å². The van der Waals surface area contributed by atoms with Crippen molar-refractivity contribution in [3.63, 3.8) is 0 Å². The van der Waals surface area contributed by atoms with Crippen LogP contribution in [-0.4, -0.2) is 64.0 Å². The molecular formula is C22H25N5O6S. The van der Waals surface area contributed by atoms with Crippen molar-refractivity contribution in [1.29, 1.82) is 0 Å². The van der Waals surface area contributed by atoms with E-state index < -0.39 is 33.7 Å². The summed E-state index contributed by atoms with van der Waals surface area (Å²) in [6, 6.07) is 10.6. The van der Waals surface area contributed by atoms with Gasteiger partial charge in [-0.3, -0.25) is 18.7 Å². The Kier molecular flexibility index (Phi) is 6.53. The fraction of sp³-hybridized carbons (Fsp3) is 0.364. The van der Waals surface area contributed by atoms with E-state index in [2.05, 4.69) is 5.16 Å². The van der Waals surface area contributed by atoms with Crippen LogP contribution >= 0.6 is 0 Å². The maximum Gasteiger partial charge on any atom is 0.331 e. The monoisotopic (exact) mass is 487 g/mol. The van der Waals surface area contributed by atoms with Crippen LogP contribution in [-0.2, 0) is 27.9 Å². The second kappa shape index (κ2) is 9.39. The molecule has 4 rings (SSSR count). The molecule has 1 aliphatic heterocycles. The first-order chi connectivity index (χ1) is 16.2. The van der Waals surface area contributed by atoms with E-state index in [4.69, 9.17) is 4.52 Å². The van der Waals surface area contributed by atoms with E-state index >= 15 is 0 Å². The Labute approximate surface area is 195 Å². The summed E-state index contributed by atoms with van der Waals surface area (Å²) >= 11 is 0. The molecule has 0 aliphatic carbocycles. The Morgan fingerprint density at radius 1 is 1.03 bits per heavy atom. The van der Waals surface area contributed by atoms with Crippen molar-refractivity contribution in [2.75, 3.05) is 26.2 Å². The second-order valence-electron chi connectivity index (χ2n) is 8.07. The summed E-state index contributed by atoms with van der Waals surface area (Å²) in [5.41, 5.74) is 0.0228. The summed E-state index contributed by atoms with van der Waals surface area (Å²) < 4.78 is 34.5. The van der Waals surface area contributed by atoms with Gasteiger partial charge in [0.2, 0.25) is 15.9 Å². The summed E-state index contributed by atoms with van der Waals surface area (Å²) in [4.78, 5) is 39.5. The van der Waals surface area contributed by atoms with Gasteiger partial charge in [0.05, 0.1) is 6.54 Å². The Bertz CT molecular complexity index is 1400. The third kappa shape index (κ3) is 4.59. The first-order valence-corrected chi connectivity index (χ1v) is 12.2. The van der Waals surface area contributed by atoms with E-state index in [9.17, 15) is 22.8 Å². The number of carbonyl (C=O) groups is 1. The number of benzene rings is 1. The molecule has 0 spiro atoms. The van der Waals surface area contributed by atoms with E-state index in [1.807, 2.05) is 30.3 Å². The van der Waals surface area contributed by atoms with Crippen LogP contribution in [0.3, 0.4) is 0 Å². The number of aromatic nitrogens is 3. The lowest BCUT2D eigenvalue weighted by molar-refractivity contribution is -0.133. The van der Waals surface area contributed by atoms with E-state index in [-0.39, 0.29) is 49.1 Å². The lowest BCUT2D eigenvalue weighted by atomic mass is 10.2. The summed E-state index contributed by atoms with van der Waals surface area (Å²) in [6.07, 6.45) is 1.41. The molecule has 0 unspecified atom stereocenters. The standard InChI is InChI=1S/C22H25N5O6S/c1-16-21(17(2)33-23-16)34(31,32)26-12-10-24(11-13-26)20(29)15-27-19(28)8-9-25(22(27)30)14-18-6-4-3-5-7-18/h3-9H,10-15H2,1-2H3. The number of piperazine rings is 1. The van der Waals surface area contributed by atoms with Crippen molar-refractivity contribution in [1.82, 2.24) is 23.5 Å². The summed E-state index contributed by atoms with van der Waals surface area (Å²) in [7, 11) is -3.81. The average molecular weight is 488 g/mol. The van der Waals surface area contributed by atoms with Gasteiger partial charge in [-0.15, -0.1) is 0 Å². The Hall–Kier alpha value is -3.51. The summed E-state index contributed by atoms with van der Waals surface area (Å²) in [5, 5.41) is 3.71. The first-order valence-electron chi connectivity index (χ1n) is 10.7. The number of aryl methyl sites for hydroxylation is 2. The number of hydrogen-bond acceptors (Lipinski definition) is 7. The van der Waals surface area contributed by atoms with Crippen LogP contribution in [0.5, 0.6) is 0 Å². The molecule has 180 valence electrons. The zero-order valence-corrected chi connectivity index (χ0v) is 19.7. The molecule has 3 heterocycles. The van der Waals surface area contributed by atoms with Crippen molar-refractivity contribution >= 4 is 15.9 Å². The van der Waals surface area contributed by atoms with Crippen LogP contribution in [0.15, 0.2) is 61.6 Å². The van der Waals surface area contributed by atoms with Crippen molar-refractivity contribution in [2.24, 2.45) is 0 Å². The highest BCUT2D eigenvalue weighted by Crippen LogP contribution is 2.24. The van der Waals surface area contributed by atoms with Gasteiger partial charge in [-0.1, -0.05) is 35.5 Å². The van der Waals surface area contributed by atoms with E-state index in [1.165, 1.54) is 33.0 Å². The van der Waals surface area contributed by atoms with Crippen molar-refractivity contribution in [3.8, 4) is 0 Å². The van der Waals surface area contributed by atoms with Crippen molar-refractivity contribution < 1.29 is 17.7 Å². The average Bonchev–Trinajstić information content (AvgIpc) is 3.17. The molecule has 12 heteroatoms. The smallest absolute Gasteiger partial charge is 0.331 e. The van der Waals surface area contributed by atoms with Gasteiger partial charge in [-0.05, 0) is 19.4 Å². The predicted molar refractivity (Wildman–Crippen MR) is 122 cm³/mol. The predicted octanol–water partition coefficient (Wildman–Crippen LogP) is 0.196. The second-order valence-corrected chi connectivity index (χ2v) is 9.95. The lowest BCUT2D eigenvalue weighted by Gasteiger charge is -2.34. The zero-order valence-electron chi connectivity index (χ0n) is 18.9. The molecule has 3 aromatic rings. The summed E-state index contributed by atoms with van der Waals surface area (Å²) in [6.45, 7) is 3.40. The van der Waals surface area contributed by atoms with Crippen LogP contribution in [0.2, 0.25) is 0 Å². The van der Waals surface area contributed by atoms with Gasteiger partial charge in [0.1, 0.15) is 17.1 Å². The van der Waals surface area contributed by atoms with Crippen LogP contribution in [0.4, 0.5) is 0 Å². The molecule has 0 radical (unpaired) electrons. The zero-order chi connectivity index (χ0) is 24.5. The van der Waals surface area contributed by atoms with Gasteiger partial charge in [0.25, 0.3) is 5.56 Å². The maximum absolute atomic E-state index is 13.0. The summed E-state index contributed by atoms with van der Waals surface area (Å²) in [5.74, 6) is -0.211. The molecule has 0 N–H and O–H groups in total. The lowest BCUT2D eigenvalue weighted by Crippen LogP contribution is -2.52. The number of rotatable bonds is 6. The minimum atomic E-state index is -3.81. The Balaban J connectivity index is 1.45. The molecule has 0 saturated carbocycles. The molecule has 0 atom stereocenters. The van der Waals surface area contributed by atoms with Gasteiger partial charge >= 0.3 is 5.69 Å². The van der Waals surface area contributed by atoms with E-state index in [0.717, 1.165) is 10.1 Å². The fourth-order valence-electron chi connectivity index (χ4n) is 3.99.